The van der Waals surface area contributed by atoms with E-state index in [1.807, 2.05) is 32.0 Å². The molecule has 1 atom stereocenters. The molecule has 0 amide bonds. The quantitative estimate of drug-likeness (QED) is 0.856. The normalized spacial score (nSPS) is 18.5. The Kier molecular flexibility index (Phi) is 3.80. The van der Waals surface area contributed by atoms with E-state index >= 15 is 0 Å². The first-order valence-corrected chi connectivity index (χ1v) is 6.73. The predicted molar refractivity (Wildman–Crippen MR) is 73.2 cm³/mol. The van der Waals surface area contributed by atoms with Gasteiger partial charge in [-0.15, -0.1) is 0 Å². The molecule has 0 bridgehead atoms. The molecule has 1 fully saturated rings. The maximum Gasteiger partial charge on any atom is 0.311 e. The summed E-state index contributed by atoms with van der Waals surface area (Å²) >= 11 is 0. The standard InChI is InChI=1S/C15H21NO3/c1-3-19-12-6-5-11(9-10(12)2)13(16)15(14(17)18)7-4-8-15/h5-6,9,13H,3-4,7-8,16H2,1-2H3,(H,17,18). The van der Waals surface area contributed by atoms with Gasteiger partial charge in [-0.1, -0.05) is 18.6 Å². The number of benzene rings is 1. The second-order valence-electron chi connectivity index (χ2n) is 5.25. The van der Waals surface area contributed by atoms with Gasteiger partial charge in [0.15, 0.2) is 0 Å². The Morgan fingerprint density at radius 1 is 1.53 bits per heavy atom. The number of hydrogen-bond donors (Lipinski definition) is 2. The van der Waals surface area contributed by atoms with Gasteiger partial charge in [0, 0.05) is 6.04 Å². The van der Waals surface area contributed by atoms with Crippen LogP contribution in [0.5, 0.6) is 5.75 Å². The van der Waals surface area contributed by atoms with E-state index in [-0.39, 0.29) is 0 Å². The monoisotopic (exact) mass is 263 g/mol. The lowest BCUT2D eigenvalue weighted by molar-refractivity contribution is -0.156. The van der Waals surface area contributed by atoms with Crippen molar-refractivity contribution in [1.29, 1.82) is 0 Å². The van der Waals surface area contributed by atoms with Crippen molar-refractivity contribution >= 4 is 5.97 Å². The van der Waals surface area contributed by atoms with E-state index in [1.165, 1.54) is 0 Å². The lowest BCUT2D eigenvalue weighted by Gasteiger charge is -2.42. The predicted octanol–water partition coefficient (Wildman–Crippen LogP) is 2.65. The summed E-state index contributed by atoms with van der Waals surface area (Å²) in [6.45, 7) is 4.51. The molecule has 1 unspecified atom stereocenters. The van der Waals surface area contributed by atoms with E-state index in [2.05, 4.69) is 0 Å². The zero-order valence-electron chi connectivity index (χ0n) is 11.5. The minimum absolute atomic E-state index is 0.451. The van der Waals surface area contributed by atoms with E-state index in [9.17, 15) is 9.90 Å². The molecular weight excluding hydrogens is 242 g/mol. The van der Waals surface area contributed by atoms with Crippen molar-refractivity contribution in [2.75, 3.05) is 6.61 Å². The highest BCUT2D eigenvalue weighted by Gasteiger charge is 2.49. The average Bonchev–Trinajstić information content (AvgIpc) is 2.29. The van der Waals surface area contributed by atoms with Gasteiger partial charge in [-0.25, -0.2) is 0 Å². The average molecular weight is 263 g/mol. The van der Waals surface area contributed by atoms with E-state index < -0.39 is 17.4 Å². The Labute approximate surface area is 113 Å². The summed E-state index contributed by atoms with van der Waals surface area (Å²) in [5.41, 5.74) is 7.30. The third kappa shape index (κ3) is 2.32. The van der Waals surface area contributed by atoms with Crippen LogP contribution in [0.4, 0.5) is 0 Å². The molecule has 3 N–H and O–H groups in total. The van der Waals surface area contributed by atoms with Crippen LogP contribution in [0, 0.1) is 12.3 Å². The summed E-state index contributed by atoms with van der Waals surface area (Å²) < 4.78 is 5.49. The van der Waals surface area contributed by atoms with E-state index in [0.717, 1.165) is 23.3 Å². The maximum atomic E-state index is 11.5. The van der Waals surface area contributed by atoms with E-state index in [4.69, 9.17) is 10.5 Å². The van der Waals surface area contributed by atoms with Gasteiger partial charge in [-0.3, -0.25) is 4.79 Å². The summed E-state index contributed by atoms with van der Waals surface area (Å²) in [6.07, 6.45) is 2.27. The van der Waals surface area contributed by atoms with Crippen molar-refractivity contribution in [2.45, 2.75) is 39.2 Å². The van der Waals surface area contributed by atoms with Crippen LogP contribution >= 0.6 is 0 Å². The smallest absolute Gasteiger partial charge is 0.311 e. The molecule has 1 aliphatic rings. The first-order valence-electron chi connectivity index (χ1n) is 6.73. The molecule has 0 aromatic heterocycles. The highest BCUT2D eigenvalue weighted by Crippen LogP contribution is 2.49. The number of aliphatic carboxylic acids is 1. The van der Waals surface area contributed by atoms with Gasteiger partial charge in [-0.05, 0) is 43.9 Å². The van der Waals surface area contributed by atoms with Crippen molar-refractivity contribution in [3.05, 3.63) is 29.3 Å². The number of aryl methyl sites for hydroxylation is 1. The van der Waals surface area contributed by atoms with Gasteiger partial charge in [0.05, 0.1) is 12.0 Å². The van der Waals surface area contributed by atoms with Crippen LogP contribution < -0.4 is 10.5 Å². The van der Waals surface area contributed by atoms with E-state index in [1.54, 1.807) is 0 Å². The minimum Gasteiger partial charge on any atom is -0.494 e. The van der Waals surface area contributed by atoms with Gasteiger partial charge in [0.1, 0.15) is 5.75 Å². The van der Waals surface area contributed by atoms with Crippen molar-refractivity contribution in [3.8, 4) is 5.75 Å². The van der Waals surface area contributed by atoms with Gasteiger partial charge >= 0.3 is 5.97 Å². The Balaban J connectivity index is 2.26. The molecule has 1 aromatic carbocycles. The zero-order chi connectivity index (χ0) is 14.0. The fraction of sp³-hybridized carbons (Fsp3) is 0.533. The van der Waals surface area contributed by atoms with Crippen LogP contribution in [-0.2, 0) is 4.79 Å². The molecule has 104 valence electrons. The number of ether oxygens (including phenoxy) is 1. The van der Waals surface area contributed by atoms with Crippen molar-refractivity contribution < 1.29 is 14.6 Å². The second kappa shape index (κ2) is 5.21. The molecule has 0 spiro atoms. The fourth-order valence-electron chi connectivity index (χ4n) is 2.72. The first kappa shape index (κ1) is 13.9. The summed E-state index contributed by atoms with van der Waals surface area (Å²) in [4.78, 5) is 11.5. The van der Waals surface area contributed by atoms with Crippen molar-refractivity contribution in [3.63, 3.8) is 0 Å². The SMILES string of the molecule is CCOc1ccc(C(N)C2(C(=O)O)CCC2)cc1C. The summed E-state index contributed by atoms with van der Waals surface area (Å²) in [6, 6.07) is 5.25. The lowest BCUT2D eigenvalue weighted by atomic mass is 9.62. The van der Waals surface area contributed by atoms with Gasteiger partial charge in [-0.2, -0.15) is 0 Å². The number of carbonyl (C=O) groups is 1. The van der Waals surface area contributed by atoms with Gasteiger partial charge in [0.25, 0.3) is 0 Å². The van der Waals surface area contributed by atoms with Crippen LogP contribution in [0.3, 0.4) is 0 Å². The minimum atomic E-state index is -0.780. The Morgan fingerprint density at radius 3 is 2.63 bits per heavy atom. The topological polar surface area (TPSA) is 72.5 Å². The highest BCUT2D eigenvalue weighted by atomic mass is 16.5. The Morgan fingerprint density at radius 2 is 2.21 bits per heavy atom. The molecule has 4 heteroatoms. The largest absolute Gasteiger partial charge is 0.494 e. The molecule has 0 saturated heterocycles. The number of carboxylic acids is 1. The summed E-state index contributed by atoms with van der Waals surface area (Å²) in [5.74, 6) is 0.0502. The molecule has 0 heterocycles. The molecule has 0 aliphatic heterocycles. The lowest BCUT2D eigenvalue weighted by Crippen LogP contribution is -2.46. The molecule has 2 rings (SSSR count). The Bertz CT molecular complexity index is 480. The number of carboxylic acid groups (broad SMARTS) is 1. The molecular formula is C15H21NO3. The van der Waals surface area contributed by atoms with Crippen molar-refractivity contribution in [2.24, 2.45) is 11.1 Å². The van der Waals surface area contributed by atoms with Crippen LogP contribution in [0.2, 0.25) is 0 Å². The molecule has 4 nitrogen and oxygen atoms in total. The molecule has 0 radical (unpaired) electrons. The van der Waals surface area contributed by atoms with Crippen LogP contribution in [-0.4, -0.2) is 17.7 Å². The second-order valence-corrected chi connectivity index (χ2v) is 5.25. The maximum absolute atomic E-state index is 11.5. The van der Waals surface area contributed by atoms with Crippen molar-refractivity contribution in [1.82, 2.24) is 0 Å². The molecule has 1 saturated carbocycles. The molecule has 1 aromatic rings. The third-order valence-electron chi connectivity index (χ3n) is 4.12. The molecule has 1 aliphatic carbocycles. The van der Waals surface area contributed by atoms with E-state index in [0.29, 0.717) is 19.4 Å². The van der Waals surface area contributed by atoms with Gasteiger partial charge < -0.3 is 15.6 Å². The summed E-state index contributed by atoms with van der Waals surface area (Å²) in [5, 5.41) is 9.42. The zero-order valence-corrected chi connectivity index (χ0v) is 11.5. The highest BCUT2D eigenvalue weighted by molar-refractivity contribution is 5.77. The van der Waals surface area contributed by atoms with Crippen LogP contribution in [0.25, 0.3) is 0 Å². The van der Waals surface area contributed by atoms with Crippen LogP contribution in [0.1, 0.15) is 43.4 Å². The van der Waals surface area contributed by atoms with Gasteiger partial charge in [0.2, 0.25) is 0 Å². The number of hydrogen-bond acceptors (Lipinski definition) is 3. The fourth-order valence-corrected chi connectivity index (χ4v) is 2.72. The first-order chi connectivity index (χ1) is 9.01. The third-order valence-corrected chi connectivity index (χ3v) is 4.12. The molecule has 19 heavy (non-hydrogen) atoms. The number of rotatable bonds is 5. The Hall–Kier alpha value is -1.55. The van der Waals surface area contributed by atoms with Crippen LogP contribution in [0.15, 0.2) is 18.2 Å². The number of nitrogens with two attached hydrogens (primary N) is 1. The summed E-state index contributed by atoms with van der Waals surface area (Å²) in [7, 11) is 0.